The fourth-order valence-electron chi connectivity index (χ4n) is 4.04. The third-order valence-corrected chi connectivity index (χ3v) is 5.72. The van der Waals surface area contributed by atoms with Crippen LogP contribution in [0.15, 0.2) is 42.5 Å². The minimum atomic E-state index is -0.891. The monoisotopic (exact) mass is 348 g/mol. The van der Waals surface area contributed by atoms with Crippen LogP contribution in [0.2, 0.25) is 0 Å². The molecule has 0 aromatic heterocycles. The lowest BCUT2D eigenvalue weighted by Crippen LogP contribution is -2.28. The molecule has 1 N–H and O–H groups in total. The highest BCUT2D eigenvalue weighted by Gasteiger charge is 2.33. The molecule has 1 unspecified atom stereocenters. The Morgan fingerprint density at radius 2 is 1.69 bits per heavy atom. The fraction of sp³-hybridized carbons (Fsp3) is 0.375. The summed E-state index contributed by atoms with van der Waals surface area (Å²) < 4.78 is 0. The smallest absolute Gasteiger partial charge is 0.335 e. The van der Waals surface area contributed by atoms with Gasteiger partial charge in [0.1, 0.15) is 0 Å². The standard InChI is InChI=1S/C24H28O2/c1-16(2)20-13-14-24(3,4)22-12-9-18(15-21(20)22)6-5-17-7-10-19(11-8-17)23(25)26/h5-12,15-16,20H,13-14H2,1-4H3,(H,25,26)/b6-5+. The van der Waals surface area contributed by atoms with Crippen molar-refractivity contribution in [1.29, 1.82) is 0 Å². The molecule has 1 aliphatic rings. The van der Waals surface area contributed by atoms with Gasteiger partial charge in [0.25, 0.3) is 0 Å². The van der Waals surface area contributed by atoms with E-state index in [1.807, 2.05) is 18.2 Å². The lowest BCUT2D eigenvalue weighted by molar-refractivity contribution is 0.0697. The minimum absolute atomic E-state index is 0.246. The van der Waals surface area contributed by atoms with Gasteiger partial charge in [-0.15, -0.1) is 0 Å². The van der Waals surface area contributed by atoms with Crippen LogP contribution >= 0.6 is 0 Å². The summed E-state index contributed by atoms with van der Waals surface area (Å²) in [5.41, 5.74) is 5.76. The maximum Gasteiger partial charge on any atom is 0.335 e. The molecule has 136 valence electrons. The average molecular weight is 348 g/mol. The Labute approximate surface area is 156 Å². The number of carboxylic acid groups (broad SMARTS) is 1. The molecule has 1 atom stereocenters. The minimum Gasteiger partial charge on any atom is -0.478 e. The fourth-order valence-corrected chi connectivity index (χ4v) is 4.04. The Hall–Kier alpha value is -2.35. The first-order valence-electron chi connectivity index (χ1n) is 9.44. The highest BCUT2D eigenvalue weighted by atomic mass is 16.4. The van der Waals surface area contributed by atoms with Crippen molar-refractivity contribution in [3.8, 4) is 0 Å². The molecule has 0 heterocycles. The number of rotatable bonds is 4. The van der Waals surface area contributed by atoms with Crippen molar-refractivity contribution >= 4 is 18.1 Å². The van der Waals surface area contributed by atoms with E-state index in [1.165, 1.54) is 29.5 Å². The van der Waals surface area contributed by atoms with Gasteiger partial charge in [0.15, 0.2) is 0 Å². The zero-order valence-electron chi connectivity index (χ0n) is 16.1. The second kappa shape index (κ2) is 7.11. The number of hydrogen-bond donors (Lipinski definition) is 1. The van der Waals surface area contributed by atoms with Crippen LogP contribution in [0.3, 0.4) is 0 Å². The Bertz CT molecular complexity index is 826. The Balaban J connectivity index is 1.90. The molecule has 0 radical (unpaired) electrons. The predicted molar refractivity (Wildman–Crippen MR) is 109 cm³/mol. The molecule has 0 saturated carbocycles. The molecule has 26 heavy (non-hydrogen) atoms. The second-order valence-corrected chi connectivity index (χ2v) is 8.38. The molecular weight excluding hydrogens is 320 g/mol. The van der Waals surface area contributed by atoms with E-state index in [0.717, 1.165) is 5.56 Å². The summed E-state index contributed by atoms with van der Waals surface area (Å²) in [5.74, 6) is 0.381. The van der Waals surface area contributed by atoms with E-state index in [0.29, 0.717) is 17.4 Å². The van der Waals surface area contributed by atoms with E-state index in [2.05, 4.69) is 52.0 Å². The van der Waals surface area contributed by atoms with Gasteiger partial charge in [-0.25, -0.2) is 4.79 Å². The zero-order valence-corrected chi connectivity index (χ0v) is 16.1. The molecule has 1 aliphatic carbocycles. The quantitative estimate of drug-likeness (QED) is 0.652. The van der Waals surface area contributed by atoms with Crippen LogP contribution in [0.25, 0.3) is 12.2 Å². The van der Waals surface area contributed by atoms with Crippen molar-refractivity contribution in [2.75, 3.05) is 0 Å². The molecule has 2 nitrogen and oxygen atoms in total. The maximum atomic E-state index is 10.9. The molecule has 2 aromatic rings. The normalized spacial score (nSPS) is 18.9. The molecule has 2 aromatic carbocycles. The van der Waals surface area contributed by atoms with E-state index in [4.69, 9.17) is 5.11 Å². The number of carboxylic acids is 1. The topological polar surface area (TPSA) is 37.3 Å². The number of carbonyl (C=O) groups is 1. The number of hydrogen-bond acceptors (Lipinski definition) is 1. The first kappa shape index (κ1) is 18.4. The highest BCUT2D eigenvalue weighted by molar-refractivity contribution is 5.88. The lowest BCUT2D eigenvalue weighted by atomic mass is 9.66. The van der Waals surface area contributed by atoms with E-state index in [-0.39, 0.29) is 5.41 Å². The van der Waals surface area contributed by atoms with Crippen LogP contribution in [0.4, 0.5) is 0 Å². The van der Waals surface area contributed by atoms with Gasteiger partial charge in [0.2, 0.25) is 0 Å². The summed E-state index contributed by atoms with van der Waals surface area (Å²) in [6.45, 7) is 9.34. The summed E-state index contributed by atoms with van der Waals surface area (Å²) in [6.07, 6.45) is 6.66. The zero-order chi connectivity index (χ0) is 18.9. The van der Waals surface area contributed by atoms with Gasteiger partial charge in [-0.1, -0.05) is 70.2 Å². The Morgan fingerprint density at radius 1 is 1.08 bits per heavy atom. The van der Waals surface area contributed by atoms with Crippen LogP contribution in [-0.2, 0) is 5.41 Å². The molecule has 0 aliphatic heterocycles. The number of fused-ring (bicyclic) bond motifs is 1. The Morgan fingerprint density at radius 3 is 2.31 bits per heavy atom. The van der Waals surface area contributed by atoms with Gasteiger partial charge < -0.3 is 5.11 Å². The average Bonchev–Trinajstić information content (AvgIpc) is 2.59. The van der Waals surface area contributed by atoms with Gasteiger partial charge in [-0.05, 0) is 64.5 Å². The van der Waals surface area contributed by atoms with Gasteiger partial charge in [-0.2, -0.15) is 0 Å². The third kappa shape index (κ3) is 3.75. The van der Waals surface area contributed by atoms with Crippen LogP contribution in [-0.4, -0.2) is 11.1 Å². The van der Waals surface area contributed by atoms with Gasteiger partial charge in [-0.3, -0.25) is 0 Å². The van der Waals surface area contributed by atoms with Crippen molar-refractivity contribution in [1.82, 2.24) is 0 Å². The molecule has 2 heteroatoms. The lowest BCUT2D eigenvalue weighted by Gasteiger charge is -2.39. The third-order valence-electron chi connectivity index (χ3n) is 5.72. The molecule has 0 saturated heterocycles. The SMILES string of the molecule is CC(C)C1CCC(C)(C)c2ccc(/C=C/c3ccc(C(=O)O)cc3)cc21. The first-order chi connectivity index (χ1) is 12.3. The van der Waals surface area contributed by atoms with Crippen molar-refractivity contribution in [3.05, 3.63) is 70.3 Å². The molecule has 3 rings (SSSR count). The van der Waals surface area contributed by atoms with Crippen LogP contribution < -0.4 is 0 Å². The molecule has 0 bridgehead atoms. The molecule has 0 spiro atoms. The summed E-state index contributed by atoms with van der Waals surface area (Å²) in [5, 5.41) is 8.99. The van der Waals surface area contributed by atoms with Crippen LogP contribution in [0, 0.1) is 5.92 Å². The van der Waals surface area contributed by atoms with Crippen molar-refractivity contribution in [3.63, 3.8) is 0 Å². The molecule has 0 fully saturated rings. The largest absolute Gasteiger partial charge is 0.478 e. The van der Waals surface area contributed by atoms with E-state index >= 15 is 0 Å². The van der Waals surface area contributed by atoms with E-state index in [9.17, 15) is 4.79 Å². The van der Waals surface area contributed by atoms with E-state index in [1.54, 1.807) is 12.1 Å². The second-order valence-electron chi connectivity index (χ2n) is 8.38. The predicted octanol–water partition coefficient (Wildman–Crippen LogP) is 6.37. The Kier molecular flexibility index (Phi) is 5.04. The molecule has 0 amide bonds. The first-order valence-corrected chi connectivity index (χ1v) is 9.44. The number of aromatic carboxylic acids is 1. The van der Waals surface area contributed by atoms with Gasteiger partial charge in [0.05, 0.1) is 5.56 Å². The maximum absolute atomic E-state index is 10.9. The van der Waals surface area contributed by atoms with Gasteiger partial charge >= 0.3 is 5.97 Å². The summed E-state index contributed by atoms with van der Waals surface area (Å²) in [4.78, 5) is 10.9. The van der Waals surface area contributed by atoms with Gasteiger partial charge in [0, 0.05) is 0 Å². The highest BCUT2D eigenvalue weighted by Crippen LogP contribution is 2.45. The van der Waals surface area contributed by atoms with Crippen molar-refractivity contribution in [2.24, 2.45) is 5.92 Å². The summed E-state index contributed by atoms with van der Waals surface area (Å²) in [7, 11) is 0. The summed E-state index contributed by atoms with van der Waals surface area (Å²) in [6, 6.07) is 13.8. The van der Waals surface area contributed by atoms with Crippen LogP contribution in [0.1, 0.15) is 79.1 Å². The van der Waals surface area contributed by atoms with Crippen molar-refractivity contribution in [2.45, 2.75) is 51.9 Å². The molecular formula is C24H28O2. The summed E-state index contributed by atoms with van der Waals surface area (Å²) >= 11 is 0. The van der Waals surface area contributed by atoms with Crippen LogP contribution in [0.5, 0.6) is 0 Å². The van der Waals surface area contributed by atoms with Crippen molar-refractivity contribution < 1.29 is 9.90 Å². The number of benzene rings is 2. The van der Waals surface area contributed by atoms with E-state index < -0.39 is 5.97 Å².